The Hall–Kier alpha value is -0.540. The highest BCUT2D eigenvalue weighted by molar-refractivity contribution is 5.12. The first kappa shape index (κ1) is 10.5. The van der Waals surface area contributed by atoms with Crippen LogP contribution in [0.5, 0.6) is 0 Å². The molecule has 1 unspecified atom stereocenters. The van der Waals surface area contributed by atoms with E-state index < -0.39 is 5.60 Å². The Morgan fingerprint density at radius 3 is 3.00 bits per heavy atom. The van der Waals surface area contributed by atoms with Crippen LogP contribution in [0.15, 0.2) is 11.8 Å². The van der Waals surface area contributed by atoms with E-state index in [0.717, 1.165) is 25.1 Å². The second-order valence-electron chi connectivity index (χ2n) is 3.66. The molecule has 0 saturated carbocycles. The van der Waals surface area contributed by atoms with Crippen molar-refractivity contribution in [3.8, 4) is 0 Å². The normalized spacial score (nSPS) is 20.7. The van der Waals surface area contributed by atoms with Gasteiger partial charge in [0.2, 0.25) is 0 Å². The van der Waals surface area contributed by atoms with E-state index in [0.29, 0.717) is 13.2 Å². The highest BCUT2D eigenvalue weighted by Gasteiger charge is 2.28. The summed E-state index contributed by atoms with van der Waals surface area (Å²) in [5.41, 5.74) is -0.842. The van der Waals surface area contributed by atoms with Crippen LogP contribution in [0.1, 0.15) is 26.7 Å². The Kier molecular flexibility index (Phi) is 3.75. The molecule has 2 N–H and O–H groups in total. The number of hydrogen-bond donors (Lipinski definition) is 2. The summed E-state index contributed by atoms with van der Waals surface area (Å²) >= 11 is 0. The van der Waals surface area contributed by atoms with Crippen molar-refractivity contribution < 1.29 is 9.84 Å². The molecule has 0 aliphatic carbocycles. The highest BCUT2D eigenvalue weighted by atomic mass is 16.5. The smallest absolute Gasteiger partial charge is 0.131 e. The topological polar surface area (TPSA) is 41.5 Å². The van der Waals surface area contributed by atoms with Gasteiger partial charge in [-0.25, -0.2) is 0 Å². The van der Waals surface area contributed by atoms with E-state index in [1.54, 1.807) is 6.92 Å². The summed E-state index contributed by atoms with van der Waals surface area (Å²) in [6.07, 6.45) is 3.96. The molecule has 1 rings (SSSR count). The third-order valence-electron chi connectivity index (χ3n) is 2.13. The molecule has 0 amide bonds. The largest absolute Gasteiger partial charge is 0.495 e. The first-order valence-electron chi connectivity index (χ1n) is 4.93. The summed E-state index contributed by atoms with van der Waals surface area (Å²) in [4.78, 5) is 0. The van der Waals surface area contributed by atoms with Crippen molar-refractivity contribution >= 4 is 0 Å². The number of ether oxygens (including phenoxy) is 1. The molecule has 1 heterocycles. The number of aliphatic hydroxyl groups is 1. The van der Waals surface area contributed by atoms with Gasteiger partial charge in [-0.05, 0) is 26.0 Å². The average Bonchev–Trinajstić information content (AvgIpc) is 2.56. The molecule has 0 aromatic heterocycles. The van der Waals surface area contributed by atoms with Crippen LogP contribution in [0.2, 0.25) is 0 Å². The highest BCUT2D eigenvalue weighted by Crippen LogP contribution is 2.22. The van der Waals surface area contributed by atoms with Gasteiger partial charge in [-0.3, -0.25) is 0 Å². The molecule has 3 heteroatoms. The third kappa shape index (κ3) is 3.01. The minimum atomic E-state index is -0.842. The van der Waals surface area contributed by atoms with Gasteiger partial charge in [0, 0.05) is 13.0 Å². The molecule has 0 aromatic carbocycles. The van der Waals surface area contributed by atoms with E-state index in [-0.39, 0.29) is 0 Å². The van der Waals surface area contributed by atoms with Gasteiger partial charge in [0.1, 0.15) is 11.4 Å². The fourth-order valence-corrected chi connectivity index (χ4v) is 1.39. The van der Waals surface area contributed by atoms with Crippen LogP contribution in [0.25, 0.3) is 0 Å². The second kappa shape index (κ2) is 4.63. The minimum absolute atomic E-state index is 0.562. The van der Waals surface area contributed by atoms with E-state index in [9.17, 15) is 5.11 Å². The van der Waals surface area contributed by atoms with Gasteiger partial charge in [0.15, 0.2) is 0 Å². The van der Waals surface area contributed by atoms with Gasteiger partial charge < -0.3 is 15.2 Å². The average molecular weight is 185 g/mol. The van der Waals surface area contributed by atoms with Crippen molar-refractivity contribution in [2.24, 2.45) is 0 Å². The number of rotatable bonds is 5. The SMILES string of the molecule is CCCNCC(C)(O)C1=CCCO1. The quantitative estimate of drug-likeness (QED) is 0.629. The Morgan fingerprint density at radius 1 is 1.69 bits per heavy atom. The van der Waals surface area contributed by atoms with E-state index in [4.69, 9.17) is 4.74 Å². The van der Waals surface area contributed by atoms with Gasteiger partial charge in [-0.2, -0.15) is 0 Å². The van der Waals surface area contributed by atoms with E-state index in [2.05, 4.69) is 12.2 Å². The molecule has 0 radical (unpaired) electrons. The summed E-state index contributed by atoms with van der Waals surface area (Å²) in [6.45, 7) is 6.09. The molecule has 0 bridgehead atoms. The lowest BCUT2D eigenvalue weighted by Crippen LogP contribution is -2.40. The van der Waals surface area contributed by atoms with Crippen molar-refractivity contribution in [3.05, 3.63) is 11.8 Å². The molecule has 0 spiro atoms. The van der Waals surface area contributed by atoms with Crippen molar-refractivity contribution in [1.29, 1.82) is 0 Å². The van der Waals surface area contributed by atoms with Crippen LogP contribution in [-0.2, 0) is 4.74 Å². The van der Waals surface area contributed by atoms with E-state index in [1.165, 1.54) is 0 Å². The standard InChI is InChI=1S/C10H19NO2/c1-3-6-11-8-10(2,12)9-5-4-7-13-9/h5,11-12H,3-4,6-8H2,1-2H3. The fraction of sp³-hybridized carbons (Fsp3) is 0.800. The zero-order chi connectivity index (χ0) is 9.73. The Balaban J connectivity index is 2.35. The van der Waals surface area contributed by atoms with Crippen LogP contribution in [0, 0.1) is 0 Å². The summed E-state index contributed by atoms with van der Waals surface area (Å²) < 4.78 is 5.32. The van der Waals surface area contributed by atoms with Crippen LogP contribution in [-0.4, -0.2) is 30.4 Å². The molecule has 13 heavy (non-hydrogen) atoms. The fourth-order valence-electron chi connectivity index (χ4n) is 1.39. The molecule has 76 valence electrons. The first-order valence-corrected chi connectivity index (χ1v) is 4.93. The molecular formula is C10H19NO2. The summed E-state index contributed by atoms with van der Waals surface area (Å²) in [5.74, 6) is 0.719. The Morgan fingerprint density at radius 2 is 2.46 bits per heavy atom. The number of hydrogen-bond acceptors (Lipinski definition) is 3. The second-order valence-corrected chi connectivity index (χ2v) is 3.66. The van der Waals surface area contributed by atoms with E-state index in [1.807, 2.05) is 6.08 Å². The van der Waals surface area contributed by atoms with Gasteiger partial charge in [-0.15, -0.1) is 0 Å². The van der Waals surface area contributed by atoms with Gasteiger partial charge in [0.25, 0.3) is 0 Å². The summed E-state index contributed by atoms with van der Waals surface area (Å²) in [5, 5.41) is 13.2. The van der Waals surface area contributed by atoms with Crippen LogP contribution >= 0.6 is 0 Å². The molecule has 0 aromatic rings. The molecular weight excluding hydrogens is 166 g/mol. The monoisotopic (exact) mass is 185 g/mol. The van der Waals surface area contributed by atoms with Crippen molar-refractivity contribution in [3.63, 3.8) is 0 Å². The van der Waals surface area contributed by atoms with Gasteiger partial charge in [-0.1, -0.05) is 6.92 Å². The maximum Gasteiger partial charge on any atom is 0.131 e. The van der Waals surface area contributed by atoms with Crippen LogP contribution in [0.4, 0.5) is 0 Å². The van der Waals surface area contributed by atoms with Crippen LogP contribution < -0.4 is 5.32 Å². The first-order chi connectivity index (χ1) is 6.17. The zero-order valence-electron chi connectivity index (χ0n) is 8.47. The van der Waals surface area contributed by atoms with E-state index >= 15 is 0 Å². The minimum Gasteiger partial charge on any atom is -0.495 e. The van der Waals surface area contributed by atoms with Gasteiger partial charge in [0.05, 0.1) is 6.61 Å². The maximum atomic E-state index is 9.99. The van der Waals surface area contributed by atoms with Crippen molar-refractivity contribution in [2.75, 3.05) is 19.7 Å². The molecule has 0 saturated heterocycles. The summed E-state index contributed by atoms with van der Waals surface area (Å²) in [6, 6.07) is 0. The lowest BCUT2D eigenvalue weighted by molar-refractivity contribution is 0.0351. The molecule has 3 nitrogen and oxygen atoms in total. The maximum absolute atomic E-state index is 9.99. The third-order valence-corrected chi connectivity index (χ3v) is 2.13. The molecule has 1 atom stereocenters. The Bertz CT molecular complexity index is 187. The number of nitrogens with one attached hydrogen (secondary N) is 1. The molecule has 1 aliphatic heterocycles. The molecule has 0 fully saturated rings. The van der Waals surface area contributed by atoms with Crippen molar-refractivity contribution in [1.82, 2.24) is 5.32 Å². The lowest BCUT2D eigenvalue weighted by atomic mass is 10.0. The molecule has 1 aliphatic rings. The summed E-state index contributed by atoms with van der Waals surface area (Å²) in [7, 11) is 0. The van der Waals surface area contributed by atoms with Crippen LogP contribution in [0.3, 0.4) is 0 Å². The van der Waals surface area contributed by atoms with Gasteiger partial charge >= 0.3 is 0 Å². The Labute approximate surface area is 79.8 Å². The predicted octanol–water partition coefficient (Wildman–Crippen LogP) is 1.04. The van der Waals surface area contributed by atoms with Crippen molar-refractivity contribution in [2.45, 2.75) is 32.3 Å². The lowest BCUT2D eigenvalue weighted by Gasteiger charge is -2.24. The zero-order valence-corrected chi connectivity index (χ0v) is 8.47. The predicted molar refractivity (Wildman–Crippen MR) is 52.4 cm³/mol.